The van der Waals surface area contributed by atoms with Gasteiger partial charge in [-0.05, 0) is 26.3 Å². The summed E-state index contributed by atoms with van der Waals surface area (Å²) in [7, 11) is -3.44. The molecule has 82 valence electrons. The van der Waals surface area contributed by atoms with Gasteiger partial charge in [0.2, 0.25) is 15.9 Å². The number of amides is 1. The van der Waals surface area contributed by atoms with Gasteiger partial charge in [0, 0.05) is 6.54 Å². The molecule has 6 heteroatoms. The smallest absolute Gasteiger partial charge is 0.240 e. The second kappa shape index (κ2) is 3.86. The lowest BCUT2D eigenvalue weighted by atomic mass is 9.82. The molecule has 1 aliphatic heterocycles. The number of carbonyl (C=O) groups excluding carboxylic acids is 1. The Bertz CT molecular complexity index is 317. The van der Waals surface area contributed by atoms with E-state index in [1.165, 1.54) is 0 Å². The van der Waals surface area contributed by atoms with Crippen molar-refractivity contribution in [1.29, 1.82) is 0 Å². The third-order valence-corrected chi connectivity index (χ3v) is 2.98. The molecule has 0 bridgehead atoms. The van der Waals surface area contributed by atoms with Crippen molar-refractivity contribution in [1.82, 2.24) is 10.0 Å². The molecule has 1 saturated heterocycles. The molecule has 0 aromatic carbocycles. The topological polar surface area (TPSA) is 75.3 Å². The van der Waals surface area contributed by atoms with Gasteiger partial charge in [-0.1, -0.05) is 0 Å². The van der Waals surface area contributed by atoms with Crippen molar-refractivity contribution in [3.63, 3.8) is 0 Å². The number of hydrogen-bond acceptors (Lipinski definition) is 4. The van der Waals surface area contributed by atoms with Crippen molar-refractivity contribution in [2.24, 2.45) is 5.41 Å². The van der Waals surface area contributed by atoms with E-state index in [0.29, 0.717) is 6.54 Å². The number of nitrogens with one attached hydrogen (secondary N) is 2. The molecule has 0 saturated carbocycles. The monoisotopic (exact) mass is 220 g/mol. The predicted molar refractivity (Wildman–Crippen MR) is 53.2 cm³/mol. The van der Waals surface area contributed by atoms with Gasteiger partial charge in [0.1, 0.15) is 0 Å². The molecule has 0 spiro atoms. The second-order valence-corrected chi connectivity index (χ2v) is 5.79. The highest BCUT2D eigenvalue weighted by molar-refractivity contribution is 7.89. The Balaban J connectivity index is 2.67. The van der Waals surface area contributed by atoms with Gasteiger partial charge >= 0.3 is 0 Å². The maximum atomic E-state index is 11.6. The van der Waals surface area contributed by atoms with Gasteiger partial charge in [0.05, 0.1) is 11.7 Å². The van der Waals surface area contributed by atoms with Crippen LogP contribution in [-0.2, 0) is 14.8 Å². The van der Waals surface area contributed by atoms with E-state index in [9.17, 15) is 13.2 Å². The van der Waals surface area contributed by atoms with Crippen LogP contribution in [0.2, 0.25) is 0 Å². The summed E-state index contributed by atoms with van der Waals surface area (Å²) >= 11 is 0. The van der Waals surface area contributed by atoms with Crippen LogP contribution < -0.4 is 10.0 Å². The van der Waals surface area contributed by atoms with E-state index in [1.807, 2.05) is 4.72 Å². The van der Waals surface area contributed by atoms with Crippen molar-refractivity contribution in [2.75, 3.05) is 19.3 Å². The van der Waals surface area contributed by atoms with Gasteiger partial charge in [-0.15, -0.1) is 0 Å². The lowest BCUT2D eigenvalue weighted by Gasteiger charge is -2.32. The summed E-state index contributed by atoms with van der Waals surface area (Å²) in [6.07, 6.45) is 2.61. The van der Waals surface area contributed by atoms with Crippen molar-refractivity contribution in [3.8, 4) is 0 Å². The summed E-state index contributed by atoms with van der Waals surface area (Å²) in [4.78, 5) is 11.6. The Morgan fingerprint density at radius 3 is 2.57 bits per heavy atom. The van der Waals surface area contributed by atoms with E-state index < -0.39 is 21.3 Å². The lowest BCUT2D eigenvalue weighted by molar-refractivity contribution is -0.129. The largest absolute Gasteiger partial charge is 0.316 e. The van der Waals surface area contributed by atoms with Gasteiger partial charge in [0.25, 0.3) is 0 Å². The average molecular weight is 220 g/mol. The van der Waals surface area contributed by atoms with Crippen LogP contribution in [0, 0.1) is 5.41 Å². The minimum absolute atomic E-state index is 0.410. The van der Waals surface area contributed by atoms with Crippen LogP contribution in [0.25, 0.3) is 0 Å². The maximum Gasteiger partial charge on any atom is 0.240 e. The zero-order valence-corrected chi connectivity index (χ0v) is 9.28. The Hall–Kier alpha value is -0.620. The molecule has 1 unspecified atom stereocenters. The predicted octanol–water partition coefficient (Wildman–Crippen LogP) is -0.548. The number of rotatable bonds is 2. The van der Waals surface area contributed by atoms with E-state index in [-0.39, 0.29) is 0 Å². The molecule has 1 rings (SSSR count). The quantitative estimate of drug-likeness (QED) is 0.655. The first-order valence-corrected chi connectivity index (χ1v) is 6.46. The van der Waals surface area contributed by atoms with Crippen LogP contribution in [0.4, 0.5) is 0 Å². The van der Waals surface area contributed by atoms with Crippen molar-refractivity contribution in [2.45, 2.75) is 19.8 Å². The van der Waals surface area contributed by atoms with Crippen molar-refractivity contribution in [3.05, 3.63) is 0 Å². The van der Waals surface area contributed by atoms with E-state index in [4.69, 9.17) is 0 Å². The van der Waals surface area contributed by atoms with E-state index in [2.05, 4.69) is 5.32 Å². The maximum absolute atomic E-state index is 11.6. The van der Waals surface area contributed by atoms with Crippen LogP contribution in [0.1, 0.15) is 19.8 Å². The molecule has 1 amide bonds. The Morgan fingerprint density at radius 1 is 1.50 bits per heavy atom. The van der Waals surface area contributed by atoms with Crippen LogP contribution in [-0.4, -0.2) is 33.7 Å². The Kier molecular flexibility index (Phi) is 3.16. The highest BCUT2D eigenvalue weighted by Gasteiger charge is 2.35. The first-order chi connectivity index (χ1) is 6.33. The van der Waals surface area contributed by atoms with Gasteiger partial charge in [-0.2, -0.15) is 0 Å². The lowest BCUT2D eigenvalue weighted by Crippen LogP contribution is -2.49. The molecule has 0 aromatic rings. The SMILES string of the molecule is CC1(C(=O)NS(C)(=O)=O)CCCNC1. The zero-order valence-electron chi connectivity index (χ0n) is 8.46. The first kappa shape index (κ1) is 11.5. The summed E-state index contributed by atoms with van der Waals surface area (Å²) in [5.74, 6) is -0.410. The Labute approximate surface area is 84.3 Å². The molecular formula is C8H16N2O3S. The molecule has 1 atom stereocenters. The summed E-state index contributed by atoms with van der Waals surface area (Å²) in [5, 5.41) is 3.09. The Morgan fingerprint density at radius 2 is 2.14 bits per heavy atom. The molecule has 1 fully saturated rings. The molecule has 2 N–H and O–H groups in total. The number of sulfonamides is 1. The van der Waals surface area contributed by atoms with Gasteiger partial charge < -0.3 is 5.32 Å². The van der Waals surface area contributed by atoms with Crippen LogP contribution in [0.15, 0.2) is 0 Å². The number of piperidine rings is 1. The third-order valence-electron chi connectivity index (χ3n) is 2.42. The van der Waals surface area contributed by atoms with Gasteiger partial charge in [-0.3, -0.25) is 9.52 Å². The molecule has 0 aromatic heterocycles. The minimum atomic E-state index is -3.44. The van der Waals surface area contributed by atoms with E-state index >= 15 is 0 Å². The van der Waals surface area contributed by atoms with Crippen molar-refractivity contribution < 1.29 is 13.2 Å². The van der Waals surface area contributed by atoms with Crippen LogP contribution >= 0.6 is 0 Å². The fourth-order valence-electron chi connectivity index (χ4n) is 1.54. The molecule has 5 nitrogen and oxygen atoms in total. The minimum Gasteiger partial charge on any atom is -0.316 e. The summed E-state index contributed by atoms with van der Waals surface area (Å²) in [5.41, 5.74) is -0.596. The summed E-state index contributed by atoms with van der Waals surface area (Å²) < 4.78 is 23.8. The molecular weight excluding hydrogens is 204 g/mol. The van der Waals surface area contributed by atoms with Gasteiger partial charge in [-0.25, -0.2) is 8.42 Å². The fourth-order valence-corrected chi connectivity index (χ4v) is 2.12. The van der Waals surface area contributed by atoms with Gasteiger partial charge in [0.15, 0.2) is 0 Å². The number of hydrogen-bond donors (Lipinski definition) is 2. The van der Waals surface area contributed by atoms with Crippen LogP contribution in [0.3, 0.4) is 0 Å². The summed E-state index contributed by atoms with van der Waals surface area (Å²) in [6, 6.07) is 0. The normalized spacial score (nSPS) is 28.4. The molecule has 1 heterocycles. The van der Waals surface area contributed by atoms with E-state index in [0.717, 1.165) is 25.6 Å². The molecule has 0 aliphatic carbocycles. The average Bonchev–Trinajstić information content (AvgIpc) is 2.02. The third kappa shape index (κ3) is 2.95. The second-order valence-electron chi connectivity index (χ2n) is 4.04. The standard InChI is InChI=1S/C8H16N2O3S/c1-8(4-3-5-9-6-8)7(11)10-14(2,12)13/h9H,3-6H2,1-2H3,(H,10,11). The van der Waals surface area contributed by atoms with E-state index in [1.54, 1.807) is 6.92 Å². The highest BCUT2D eigenvalue weighted by atomic mass is 32.2. The zero-order chi connectivity index (χ0) is 10.8. The highest BCUT2D eigenvalue weighted by Crippen LogP contribution is 2.25. The molecule has 1 aliphatic rings. The van der Waals surface area contributed by atoms with Crippen molar-refractivity contribution >= 4 is 15.9 Å². The number of carbonyl (C=O) groups is 1. The molecule has 14 heavy (non-hydrogen) atoms. The first-order valence-electron chi connectivity index (χ1n) is 4.56. The molecule has 0 radical (unpaired) electrons. The summed E-state index contributed by atoms with van der Waals surface area (Å²) in [6.45, 7) is 3.20. The van der Waals surface area contributed by atoms with Crippen LogP contribution in [0.5, 0.6) is 0 Å². The fraction of sp³-hybridized carbons (Fsp3) is 0.875.